The van der Waals surface area contributed by atoms with Gasteiger partial charge in [0.15, 0.2) is 0 Å². The molecule has 0 bridgehead atoms. The monoisotopic (exact) mass is 396 g/mol. The highest BCUT2D eigenvalue weighted by molar-refractivity contribution is 7.89. The predicted octanol–water partition coefficient (Wildman–Crippen LogP) is 1.17. The number of nitrogens with zero attached hydrogens (tertiary/aromatic N) is 2. The van der Waals surface area contributed by atoms with Gasteiger partial charge in [0.2, 0.25) is 10.0 Å². The van der Waals surface area contributed by atoms with Gasteiger partial charge in [-0.05, 0) is 44.9 Å². The first-order valence-corrected chi connectivity index (χ1v) is 10.4. The van der Waals surface area contributed by atoms with E-state index in [0.29, 0.717) is 0 Å². The fourth-order valence-electron chi connectivity index (χ4n) is 3.33. The summed E-state index contributed by atoms with van der Waals surface area (Å²) in [5.41, 5.74) is 0.179. The van der Waals surface area contributed by atoms with Gasteiger partial charge < -0.3 is 14.7 Å². The number of hydrogen-bond donors (Lipinski definition) is 1. The van der Waals surface area contributed by atoms with Crippen molar-refractivity contribution in [3.63, 3.8) is 0 Å². The van der Waals surface area contributed by atoms with Crippen LogP contribution in [0, 0.1) is 0 Å². The number of carbonyl (C=O) groups is 2. The van der Waals surface area contributed by atoms with E-state index in [1.54, 1.807) is 0 Å². The number of aliphatic carboxylic acids is 1. The largest absolute Gasteiger partial charge is 0.480 e. The Bertz CT molecular complexity index is 826. The molecular weight excluding hydrogens is 372 g/mol. The maximum Gasteiger partial charge on any atom is 0.323 e. The first kappa shape index (κ1) is 19.8. The third-order valence-electron chi connectivity index (χ3n) is 4.66. The van der Waals surface area contributed by atoms with E-state index in [1.807, 2.05) is 13.8 Å². The van der Waals surface area contributed by atoms with Crippen molar-refractivity contribution in [3.05, 3.63) is 29.8 Å². The Morgan fingerprint density at radius 1 is 1.22 bits per heavy atom. The molecule has 9 heteroatoms. The number of carbonyl (C=O) groups excluding carboxylic acids is 1. The second-order valence-corrected chi connectivity index (χ2v) is 9.10. The molecule has 148 valence electrons. The number of hydrogen-bond acceptors (Lipinski definition) is 5. The Balaban J connectivity index is 1.86. The molecule has 1 aromatic carbocycles. The maximum absolute atomic E-state index is 13.0. The molecule has 27 heavy (non-hydrogen) atoms. The highest BCUT2D eigenvalue weighted by Crippen LogP contribution is 2.29. The SMILES string of the molecule is CC1CN(S(=O)(=O)c2cccc(C(=O)N(CC(=O)O)C3CC3)c2)CC(C)O1. The van der Waals surface area contributed by atoms with E-state index in [9.17, 15) is 18.0 Å². The van der Waals surface area contributed by atoms with Crippen molar-refractivity contribution >= 4 is 21.9 Å². The lowest BCUT2D eigenvalue weighted by Crippen LogP contribution is -2.48. The third-order valence-corrected chi connectivity index (χ3v) is 6.49. The van der Waals surface area contributed by atoms with Crippen molar-refractivity contribution in [1.82, 2.24) is 9.21 Å². The average Bonchev–Trinajstić information content (AvgIpc) is 3.43. The fourth-order valence-corrected chi connectivity index (χ4v) is 4.97. The first-order chi connectivity index (χ1) is 12.7. The summed E-state index contributed by atoms with van der Waals surface area (Å²) in [6.07, 6.45) is 1.10. The molecule has 8 nitrogen and oxygen atoms in total. The van der Waals surface area contributed by atoms with Crippen LogP contribution in [0.25, 0.3) is 0 Å². The molecule has 0 spiro atoms. The summed E-state index contributed by atoms with van der Waals surface area (Å²) in [6, 6.07) is 5.73. The van der Waals surface area contributed by atoms with Gasteiger partial charge in [-0.1, -0.05) is 6.07 Å². The van der Waals surface area contributed by atoms with E-state index in [0.717, 1.165) is 12.8 Å². The van der Waals surface area contributed by atoms with Crippen LogP contribution >= 0.6 is 0 Å². The molecule has 2 atom stereocenters. The van der Waals surface area contributed by atoms with Gasteiger partial charge in [0, 0.05) is 24.7 Å². The van der Waals surface area contributed by atoms with Crippen molar-refractivity contribution in [2.24, 2.45) is 0 Å². The zero-order valence-electron chi connectivity index (χ0n) is 15.4. The Morgan fingerprint density at radius 3 is 2.41 bits per heavy atom. The van der Waals surface area contributed by atoms with E-state index in [-0.39, 0.29) is 48.3 Å². The summed E-state index contributed by atoms with van der Waals surface area (Å²) in [5.74, 6) is -1.55. The standard InChI is InChI=1S/C18H24N2O6S/c1-12-9-19(10-13(2)26-12)27(24,25)16-5-3-4-14(8-16)18(23)20(11-17(21)22)15-6-7-15/h3-5,8,12-13,15H,6-7,9-11H2,1-2H3,(H,21,22). The summed E-state index contributed by atoms with van der Waals surface area (Å²) in [4.78, 5) is 25.1. The number of carboxylic acids is 1. The predicted molar refractivity (Wildman–Crippen MR) is 96.9 cm³/mol. The summed E-state index contributed by atoms with van der Waals surface area (Å²) in [6.45, 7) is 3.74. The van der Waals surface area contributed by atoms with Gasteiger partial charge >= 0.3 is 5.97 Å². The Morgan fingerprint density at radius 2 is 1.85 bits per heavy atom. The third kappa shape index (κ3) is 4.48. The minimum absolute atomic E-state index is 0.0284. The van der Waals surface area contributed by atoms with Gasteiger partial charge in [-0.25, -0.2) is 8.42 Å². The maximum atomic E-state index is 13.0. The summed E-state index contributed by atoms with van der Waals surface area (Å²) in [5, 5.41) is 9.05. The molecule has 1 saturated carbocycles. The van der Waals surface area contributed by atoms with Crippen LogP contribution in [0.1, 0.15) is 37.0 Å². The van der Waals surface area contributed by atoms with Crippen LogP contribution in [-0.2, 0) is 19.6 Å². The van der Waals surface area contributed by atoms with Crippen LogP contribution in [0.4, 0.5) is 0 Å². The molecule has 1 N–H and O–H groups in total. The van der Waals surface area contributed by atoms with Crippen LogP contribution in [0.2, 0.25) is 0 Å². The van der Waals surface area contributed by atoms with E-state index >= 15 is 0 Å². The molecule has 2 unspecified atom stereocenters. The van der Waals surface area contributed by atoms with E-state index in [2.05, 4.69) is 0 Å². The normalized spacial score (nSPS) is 23.8. The topological polar surface area (TPSA) is 104 Å². The molecule has 1 aromatic rings. The van der Waals surface area contributed by atoms with Gasteiger partial charge in [-0.15, -0.1) is 0 Å². The van der Waals surface area contributed by atoms with E-state index in [1.165, 1.54) is 33.5 Å². The lowest BCUT2D eigenvalue weighted by molar-refractivity contribution is -0.137. The van der Waals surface area contributed by atoms with Crippen LogP contribution in [-0.4, -0.2) is 72.5 Å². The van der Waals surface area contributed by atoms with Crippen molar-refractivity contribution in [2.45, 2.75) is 49.8 Å². The van der Waals surface area contributed by atoms with Crippen LogP contribution in [0.5, 0.6) is 0 Å². The van der Waals surface area contributed by atoms with Gasteiger partial charge in [0.25, 0.3) is 5.91 Å². The Labute approximate surface area is 158 Å². The number of ether oxygens (including phenoxy) is 1. The lowest BCUT2D eigenvalue weighted by Gasteiger charge is -2.34. The number of benzene rings is 1. The van der Waals surface area contributed by atoms with Gasteiger partial charge in [0.05, 0.1) is 17.1 Å². The van der Waals surface area contributed by atoms with Gasteiger partial charge in [0.1, 0.15) is 6.54 Å². The Hall–Kier alpha value is -1.97. The average molecular weight is 396 g/mol. The number of amides is 1. The van der Waals surface area contributed by atoms with Crippen LogP contribution < -0.4 is 0 Å². The first-order valence-electron chi connectivity index (χ1n) is 8.97. The molecule has 1 amide bonds. The summed E-state index contributed by atoms with van der Waals surface area (Å²) in [7, 11) is -3.77. The highest BCUT2D eigenvalue weighted by atomic mass is 32.2. The second-order valence-electron chi connectivity index (χ2n) is 7.17. The molecule has 0 aromatic heterocycles. The van der Waals surface area contributed by atoms with E-state index < -0.39 is 21.9 Å². The van der Waals surface area contributed by atoms with Crippen molar-refractivity contribution < 1.29 is 27.9 Å². The van der Waals surface area contributed by atoms with Crippen molar-refractivity contribution in [2.75, 3.05) is 19.6 Å². The van der Waals surface area contributed by atoms with Crippen molar-refractivity contribution in [1.29, 1.82) is 0 Å². The highest BCUT2D eigenvalue weighted by Gasteiger charge is 2.36. The lowest BCUT2D eigenvalue weighted by atomic mass is 10.2. The van der Waals surface area contributed by atoms with Crippen molar-refractivity contribution in [3.8, 4) is 0 Å². The summed E-state index contributed by atoms with van der Waals surface area (Å²) < 4.78 is 33.0. The molecule has 0 radical (unpaired) electrons. The zero-order valence-corrected chi connectivity index (χ0v) is 16.2. The Kier molecular flexibility index (Phi) is 5.55. The molecule has 1 heterocycles. The smallest absolute Gasteiger partial charge is 0.323 e. The molecule has 1 aliphatic heterocycles. The minimum atomic E-state index is -3.77. The molecule has 1 saturated heterocycles. The zero-order chi connectivity index (χ0) is 19.8. The summed E-state index contributed by atoms with van der Waals surface area (Å²) >= 11 is 0. The molecule has 2 fully saturated rings. The van der Waals surface area contributed by atoms with Crippen LogP contribution in [0.3, 0.4) is 0 Å². The quantitative estimate of drug-likeness (QED) is 0.774. The second kappa shape index (κ2) is 7.57. The molecule has 1 aliphatic carbocycles. The van der Waals surface area contributed by atoms with Gasteiger partial charge in [-0.3, -0.25) is 9.59 Å². The van der Waals surface area contributed by atoms with Gasteiger partial charge in [-0.2, -0.15) is 4.31 Å². The molecule has 2 aliphatic rings. The molecule has 3 rings (SSSR count). The fraction of sp³-hybridized carbons (Fsp3) is 0.556. The van der Waals surface area contributed by atoms with Crippen LogP contribution in [0.15, 0.2) is 29.2 Å². The number of rotatable bonds is 6. The minimum Gasteiger partial charge on any atom is -0.480 e. The number of morpholine rings is 1. The molecular formula is C18H24N2O6S. The number of carboxylic acid groups (broad SMARTS) is 1. The number of sulfonamides is 1. The van der Waals surface area contributed by atoms with E-state index in [4.69, 9.17) is 9.84 Å².